The number of hydrogen-bond acceptors (Lipinski definition) is 7. The zero-order valence-corrected chi connectivity index (χ0v) is 23.2. The van der Waals surface area contributed by atoms with Gasteiger partial charge < -0.3 is 24.3 Å². The molecule has 1 aromatic rings. The van der Waals surface area contributed by atoms with Crippen LogP contribution < -0.4 is 10.1 Å². The number of cyclic esters (lactones) is 1. The van der Waals surface area contributed by atoms with Gasteiger partial charge >= 0.3 is 12.1 Å². The fourth-order valence-electron chi connectivity index (χ4n) is 4.98. The first-order chi connectivity index (χ1) is 16.7. The summed E-state index contributed by atoms with van der Waals surface area (Å²) in [5.41, 5.74) is -1.51. The largest absolute Gasteiger partial charge is 0.490 e. The van der Waals surface area contributed by atoms with Crippen molar-refractivity contribution in [2.45, 2.75) is 123 Å². The third-order valence-electron chi connectivity index (χ3n) is 6.57. The molecule has 1 N–H and O–H groups in total. The molecule has 1 aromatic heterocycles. The molecule has 36 heavy (non-hydrogen) atoms. The molecule has 3 rings (SSSR count). The highest BCUT2D eigenvalue weighted by Gasteiger charge is 2.59. The van der Waals surface area contributed by atoms with Crippen molar-refractivity contribution in [2.24, 2.45) is 11.8 Å². The monoisotopic (exact) mass is 504 g/mol. The molecule has 2 aliphatic rings. The first kappa shape index (κ1) is 28.2. The lowest BCUT2D eigenvalue weighted by Gasteiger charge is -2.36. The normalized spacial score (nSPS) is 26.9. The van der Waals surface area contributed by atoms with Crippen molar-refractivity contribution in [2.75, 3.05) is 0 Å². The smallest absolute Gasteiger partial charge is 0.407 e. The Hall–Kier alpha value is -2.35. The van der Waals surface area contributed by atoms with Gasteiger partial charge in [-0.15, -0.1) is 0 Å². The van der Waals surface area contributed by atoms with E-state index in [1.165, 1.54) is 0 Å². The second-order valence-electron chi connectivity index (χ2n) is 12.3. The average molecular weight is 505 g/mol. The van der Waals surface area contributed by atoms with Gasteiger partial charge in [0, 0.05) is 38.2 Å². The van der Waals surface area contributed by atoms with Crippen LogP contribution in [0.25, 0.3) is 0 Å². The Labute approximate surface area is 215 Å². The number of alkyl carbamates (subject to hydrolysis) is 1. The third kappa shape index (κ3) is 7.58. The summed E-state index contributed by atoms with van der Waals surface area (Å²) >= 11 is 0. The van der Waals surface area contributed by atoms with E-state index in [4.69, 9.17) is 18.9 Å². The van der Waals surface area contributed by atoms with E-state index < -0.39 is 35.1 Å². The minimum absolute atomic E-state index is 0.126. The molecule has 8 heteroatoms. The maximum atomic E-state index is 13.4. The van der Waals surface area contributed by atoms with E-state index in [1.54, 1.807) is 40.8 Å². The van der Waals surface area contributed by atoms with E-state index in [1.807, 2.05) is 26.0 Å². The van der Waals surface area contributed by atoms with Crippen LogP contribution in [0.1, 0.15) is 93.2 Å². The first-order valence-electron chi connectivity index (χ1n) is 13.2. The van der Waals surface area contributed by atoms with Crippen LogP contribution in [0, 0.1) is 11.8 Å². The molecule has 1 saturated carbocycles. The Bertz CT molecular complexity index is 917. The second kappa shape index (κ2) is 11.0. The van der Waals surface area contributed by atoms with E-state index >= 15 is 0 Å². The molecule has 8 nitrogen and oxygen atoms in total. The number of nitrogens with one attached hydrogen (secondary N) is 1. The SMILES string of the molecule is CC(C)C[C@@H](NC(=O)OC(C)(C)C)[C@@]1(Cc2cc(O[C@H]3CC[C@H](C)CC3)ccn2)OC(C)(C)OC1=O. The van der Waals surface area contributed by atoms with Crippen molar-refractivity contribution in [3.05, 3.63) is 24.0 Å². The van der Waals surface area contributed by atoms with E-state index in [-0.39, 0.29) is 18.4 Å². The van der Waals surface area contributed by atoms with Crippen LogP contribution in [0.5, 0.6) is 5.75 Å². The fourth-order valence-corrected chi connectivity index (χ4v) is 4.98. The molecule has 0 aromatic carbocycles. The van der Waals surface area contributed by atoms with Gasteiger partial charge in [0.15, 0.2) is 5.60 Å². The number of hydrogen-bond donors (Lipinski definition) is 1. The van der Waals surface area contributed by atoms with Gasteiger partial charge in [-0.2, -0.15) is 0 Å². The molecule has 2 fully saturated rings. The van der Waals surface area contributed by atoms with E-state index in [0.717, 1.165) is 37.4 Å². The van der Waals surface area contributed by atoms with Crippen LogP contribution in [-0.4, -0.2) is 46.2 Å². The van der Waals surface area contributed by atoms with Crippen molar-refractivity contribution >= 4 is 12.1 Å². The lowest BCUT2D eigenvalue weighted by Crippen LogP contribution is -2.59. The van der Waals surface area contributed by atoms with Gasteiger partial charge in [-0.1, -0.05) is 20.8 Å². The molecule has 1 amide bonds. The topological polar surface area (TPSA) is 96.0 Å². The third-order valence-corrected chi connectivity index (χ3v) is 6.57. The molecular formula is C28H44N2O6. The number of pyridine rings is 1. The van der Waals surface area contributed by atoms with Crippen molar-refractivity contribution in [3.63, 3.8) is 0 Å². The van der Waals surface area contributed by atoms with Crippen LogP contribution in [0.4, 0.5) is 4.79 Å². The Balaban J connectivity index is 1.88. The summed E-state index contributed by atoms with van der Waals surface area (Å²) < 4.78 is 23.7. The Morgan fingerprint density at radius 1 is 1.22 bits per heavy atom. The number of rotatable bonds is 8. The van der Waals surface area contributed by atoms with Crippen molar-refractivity contribution in [1.82, 2.24) is 10.3 Å². The minimum Gasteiger partial charge on any atom is -0.490 e. The number of aromatic nitrogens is 1. The van der Waals surface area contributed by atoms with E-state index in [9.17, 15) is 9.59 Å². The fraction of sp³-hybridized carbons (Fsp3) is 0.750. The second-order valence-corrected chi connectivity index (χ2v) is 12.3. The van der Waals surface area contributed by atoms with Gasteiger partial charge in [-0.05, 0) is 70.8 Å². The predicted molar refractivity (Wildman–Crippen MR) is 137 cm³/mol. The average Bonchev–Trinajstić information content (AvgIpc) is 2.96. The molecule has 202 valence electrons. The summed E-state index contributed by atoms with van der Waals surface area (Å²) in [5, 5.41) is 2.91. The molecule has 0 spiro atoms. The minimum atomic E-state index is -1.46. The maximum Gasteiger partial charge on any atom is 0.407 e. The summed E-state index contributed by atoms with van der Waals surface area (Å²) in [6.07, 6.45) is 6.26. The summed E-state index contributed by atoms with van der Waals surface area (Å²) in [6, 6.07) is 3.02. The Kier molecular flexibility index (Phi) is 8.59. The summed E-state index contributed by atoms with van der Waals surface area (Å²) in [7, 11) is 0. The number of nitrogens with zero attached hydrogens (tertiary/aromatic N) is 1. The first-order valence-corrected chi connectivity index (χ1v) is 13.2. The lowest BCUT2D eigenvalue weighted by molar-refractivity contribution is -0.170. The van der Waals surface area contributed by atoms with Gasteiger partial charge in [0.1, 0.15) is 11.4 Å². The number of esters is 1. The number of amides is 1. The maximum absolute atomic E-state index is 13.4. The van der Waals surface area contributed by atoms with Gasteiger partial charge in [-0.3, -0.25) is 4.98 Å². The molecule has 1 saturated heterocycles. The van der Waals surface area contributed by atoms with Gasteiger partial charge in [0.05, 0.1) is 12.1 Å². The number of carbonyl (C=O) groups excluding carboxylic acids is 2. The highest BCUT2D eigenvalue weighted by Crippen LogP contribution is 2.39. The highest BCUT2D eigenvalue weighted by atomic mass is 16.8. The van der Waals surface area contributed by atoms with Gasteiger partial charge in [0.25, 0.3) is 0 Å². The molecular weight excluding hydrogens is 460 g/mol. The summed E-state index contributed by atoms with van der Waals surface area (Å²) in [5.74, 6) is -0.0425. The molecule has 0 radical (unpaired) electrons. The zero-order valence-electron chi connectivity index (χ0n) is 23.2. The molecule has 0 bridgehead atoms. The van der Waals surface area contributed by atoms with E-state index in [2.05, 4.69) is 17.2 Å². The molecule has 2 heterocycles. The van der Waals surface area contributed by atoms with Crippen molar-refractivity contribution < 1.29 is 28.5 Å². The molecule has 2 atom stereocenters. The van der Waals surface area contributed by atoms with Crippen LogP contribution in [-0.2, 0) is 25.4 Å². The summed E-state index contributed by atoms with van der Waals surface area (Å²) in [6.45, 7) is 15.1. The number of carbonyl (C=O) groups is 2. The Morgan fingerprint density at radius 2 is 1.89 bits per heavy atom. The highest BCUT2D eigenvalue weighted by molar-refractivity contribution is 5.84. The van der Waals surface area contributed by atoms with Crippen LogP contribution in [0.2, 0.25) is 0 Å². The zero-order chi connectivity index (χ0) is 26.7. The standard InChI is InChI=1S/C28H44N2O6/c1-18(2)15-23(30-25(32)35-26(4,5)6)28(24(31)34-27(7,8)36-28)17-20-16-22(13-14-29-20)33-21-11-9-19(3)10-12-21/h13-14,16,18-19,21,23H,9-12,15,17H2,1-8H3,(H,30,32)/t19-,21-,23-,28-/m1/s1. The molecule has 0 unspecified atom stereocenters. The quantitative estimate of drug-likeness (QED) is 0.462. The van der Waals surface area contributed by atoms with Gasteiger partial charge in [0.2, 0.25) is 5.79 Å². The van der Waals surface area contributed by atoms with Gasteiger partial charge in [-0.25, -0.2) is 9.59 Å². The Morgan fingerprint density at radius 3 is 2.44 bits per heavy atom. The predicted octanol–water partition coefficient (Wildman–Crippen LogP) is 5.57. The van der Waals surface area contributed by atoms with Crippen LogP contribution in [0.15, 0.2) is 18.3 Å². The van der Waals surface area contributed by atoms with Crippen LogP contribution in [0.3, 0.4) is 0 Å². The van der Waals surface area contributed by atoms with Crippen molar-refractivity contribution in [1.29, 1.82) is 0 Å². The lowest BCUT2D eigenvalue weighted by atomic mass is 9.84. The van der Waals surface area contributed by atoms with Crippen molar-refractivity contribution in [3.8, 4) is 5.75 Å². The molecule has 1 aliphatic heterocycles. The summed E-state index contributed by atoms with van der Waals surface area (Å²) in [4.78, 5) is 30.8. The number of ether oxygens (including phenoxy) is 4. The van der Waals surface area contributed by atoms with E-state index in [0.29, 0.717) is 12.1 Å². The van der Waals surface area contributed by atoms with Crippen LogP contribution >= 0.6 is 0 Å². The molecule has 1 aliphatic carbocycles.